The van der Waals surface area contributed by atoms with E-state index in [1.165, 1.54) is 98.1 Å². The molecule has 2 heteroatoms. The van der Waals surface area contributed by atoms with E-state index in [4.69, 9.17) is 0 Å². The Kier molecular flexibility index (Phi) is 8.52. The quantitative estimate of drug-likeness (QED) is 0.149. The molecule has 2 fully saturated rings. The van der Waals surface area contributed by atoms with E-state index in [9.17, 15) is 0 Å². The largest absolute Gasteiger partial charge is 0.311 e. The van der Waals surface area contributed by atoms with Gasteiger partial charge in [-0.1, -0.05) is 152 Å². The molecule has 2 saturated carbocycles. The molecular formula is C59H46N2. The molecule has 2 nitrogen and oxygen atoms in total. The molecule has 292 valence electrons. The molecule has 0 saturated heterocycles. The Morgan fingerprint density at radius 2 is 0.885 bits per heavy atom. The molecule has 10 aromatic rings. The van der Waals surface area contributed by atoms with Crippen LogP contribution in [0.3, 0.4) is 0 Å². The van der Waals surface area contributed by atoms with Crippen molar-refractivity contribution in [3.05, 3.63) is 218 Å². The Labute approximate surface area is 358 Å². The van der Waals surface area contributed by atoms with Crippen molar-refractivity contribution < 1.29 is 0 Å². The van der Waals surface area contributed by atoms with Crippen LogP contribution in [0.5, 0.6) is 0 Å². The zero-order valence-corrected chi connectivity index (χ0v) is 34.2. The lowest BCUT2D eigenvalue weighted by molar-refractivity contribution is 0.419. The maximum atomic E-state index is 2.42. The van der Waals surface area contributed by atoms with Crippen molar-refractivity contribution in [1.82, 2.24) is 4.57 Å². The Morgan fingerprint density at radius 1 is 0.410 bits per heavy atom. The van der Waals surface area contributed by atoms with E-state index in [1.54, 1.807) is 5.56 Å². The predicted octanol–water partition coefficient (Wildman–Crippen LogP) is 16.2. The SMILES string of the molecule is c1ccc(-c2cccc3cccc(-c4ccc(N(c5ccc(-c6ccc(C78CCC(CC7)C8)cc6)cc5)c5ccc(-n6c7ccccc7c7ccccc76)cc5)cc4)c23)cc1. The third-order valence-corrected chi connectivity index (χ3v) is 14.1. The Hall–Kier alpha value is -7.16. The summed E-state index contributed by atoms with van der Waals surface area (Å²) < 4.78 is 2.39. The molecule has 0 aliphatic heterocycles. The fourth-order valence-corrected chi connectivity index (χ4v) is 11.0. The first kappa shape index (κ1) is 35.8. The summed E-state index contributed by atoms with van der Waals surface area (Å²) in [7, 11) is 0. The van der Waals surface area contributed by atoms with Crippen LogP contribution in [0, 0.1) is 5.92 Å². The molecular weight excluding hydrogens is 737 g/mol. The van der Waals surface area contributed by atoms with Crippen molar-refractivity contribution in [1.29, 1.82) is 0 Å². The minimum Gasteiger partial charge on any atom is -0.311 e. The van der Waals surface area contributed by atoms with E-state index in [1.807, 2.05) is 0 Å². The first-order valence-electron chi connectivity index (χ1n) is 22.0. The van der Waals surface area contributed by atoms with Gasteiger partial charge in [0.1, 0.15) is 0 Å². The molecule has 0 amide bonds. The van der Waals surface area contributed by atoms with Gasteiger partial charge in [0.2, 0.25) is 0 Å². The summed E-state index contributed by atoms with van der Waals surface area (Å²) in [5, 5.41) is 5.06. The fraction of sp³-hybridized carbons (Fsp3) is 0.119. The topological polar surface area (TPSA) is 8.17 Å². The summed E-state index contributed by atoms with van der Waals surface area (Å²) in [5.41, 5.74) is 16.3. The van der Waals surface area contributed by atoms with Gasteiger partial charge in [-0.15, -0.1) is 0 Å². The normalized spacial score (nSPS) is 17.1. The van der Waals surface area contributed by atoms with Crippen molar-refractivity contribution in [2.45, 2.75) is 37.5 Å². The third kappa shape index (κ3) is 6.08. The number of aromatic nitrogens is 1. The van der Waals surface area contributed by atoms with E-state index in [-0.39, 0.29) is 0 Å². The molecule has 0 spiro atoms. The molecule has 9 aromatic carbocycles. The van der Waals surface area contributed by atoms with Gasteiger partial charge in [-0.25, -0.2) is 0 Å². The first-order chi connectivity index (χ1) is 30.2. The average Bonchev–Trinajstić information content (AvgIpc) is 4.06. The monoisotopic (exact) mass is 782 g/mol. The lowest BCUT2D eigenvalue weighted by Gasteiger charge is -2.27. The van der Waals surface area contributed by atoms with Gasteiger partial charge in [0.05, 0.1) is 11.0 Å². The lowest BCUT2D eigenvalue weighted by Crippen LogP contribution is -2.19. The molecule has 1 heterocycles. The molecule has 1 aromatic heterocycles. The summed E-state index contributed by atoms with van der Waals surface area (Å²) in [6, 6.07) is 78.4. The minimum atomic E-state index is 0.429. The predicted molar refractivity (Wildman–Crippen MR) is 258 cm³/mol. The summed E-state index contributed by atoms with van der Waals surface area (Å²) in [5.74, 6) is 0.946. The van der Waals surface area contributed by atoms with Gasteiger partial charge in [0.25, 0.3) is 0 Å². The van der Waals surface area contributed by atoms with Crippen LogP contribution in [0.2, 0.25) is 0 Å². The zero-order chi connectivity index (χ0) is 40.3. The molecule has 2 aliphatic rings. The highest BCUT2D eigenvalue weighted by atomic mass is 15.1. The second-order valence-corrected chi connectivity index (χ2v) is 17.4. The van der Waals surface area contributed by atoms with E-state index in [0.29, 0.717) is 5.41 Å². The van der Waals surface area contributed by atoms with E-state index < -0.39 is 0 Å². The van der Waals surface area contributed by atoms with E-state index in [2.05, 4.69) is 222 Å². The fourth-order valence-electron chi connectivity index (χ4n) is 11.0. The van der Waals surface area contributed by atoms with Gasteiger partial charge in [-0.05, 0) is 154 Å². The van der Waals surface area contributed by atoms with Gasteiger partial charge in [0.15, 0.2) is 0 Å². The molecule has 2 aliphatic carbocycles. The third-order valence-electron chi connectivity index (χ3n) is 14.1. The number of rotatable bonds is 8. The van der Waals surface area contributed by atoms with Crippen LogP contribution in [-0.2, 0) is 5.41 Å². The zero-order valence-electron chi connectivity index (χ0n) is 34.2. The Morgan fingerprint density at radius 3 is 1.43 bits per heavy atom. The van der Waals surface area contributed by atoms with E-state index >= 15 is 0 Å². The molecule has 0 radical (unpaired) electrons. The van der Waals surface area contributed by atoms with Crippen LogP contribution in [0.15, 0.2) is 212 Å². The van der Waals surface area contributed by atoms with Crippen molar-refractivity contribution in [2.75, 3.05) is 4.90 Å². The first-order valence-corrected chi connectivity index (χ1v) is 22.0. The van der Waals surface area contributed by atoms with Crippen LogP contribution in [0.25, 0.3) is 71.6 Å². The van der Waals surface area contributed by atoms with Crippen molar-refractivity contribution in [3.8, 4) is 39.1 Å². The van der Waals surface area contributed by atoms with Crippen molar-refractivity contribution in [2.24, 2.45) is 5.92 Å². The molecule has 0 unspecified atom stereocenters. The Balaban J connectivity index is 0.931. The highest BCUT2D eigenvalue weighted by Gasteiger charge is 2.45. The lowest BCUT2D eigenvalue weighted by atomic mass is 9.77. The van der Waals surface area contributed by atoms with Crippen LogP contribution in [-0.4, -0.2) is 4.57 Å². The van der Waals surface area contributed by atoms with Crippen LogP contribution < -0.4 is 4.90 Å². The van der Waals surface area contributed by atoms with Gasteiger partial charge in [-0.3, -0.25) is 0 Å². The second-order valence-electron chi connectivity index (χ2n) is 17.4. The van der Waals surface area contributed by atoms with Gasteiger partial charge < -0.3 is 9.47 Å². The molecule has 12 rings (SSSR count). The van der Waals surface area contributed by atoms with Gasteiger partial charge >= 0.3 is 0 Å². The summed E-state index contributed by atoms with van der Waals surface area (Å²) in [6.45, 7) is 0. The number of benzene rings is 9. The minimum absolute atomic E-state index is 0.429. The molecule has 61 heavy (non-hydrogen) atoms. The maximum Gasteiger partial charge on any atom is 0.0541 e. The number of fused-ring (bicyclic) bond motifs is 6. The summed E-state index contributed by atoms with van der Waals surface area (Å²) in [6.07, 6.45) is 6.92. The van der Waals surface area contributed by atoms with Crippen LogP contribution in [0.1, 0.15) is 37.7 Å². The van der Waals surface area contributed by atoms with E-state index in [0.717, 1.165) is 28.7 Å². The molecule has 0 N–H and O–H groups in total. The standard InChI is InChI=1S/C59H46N2/c1-2-10-44(11-3-1)52-16-8-12-46-13-9-17-53(58(46)52)45-24-30-49(31-25-45)60(48-28-22-43(23-29-48)42-20-26-47(27-21-42)59-38-36-41(40-59)37-39-59)50-32-34-51(35-33-50)61-56-18-6-4-14-54(56)55-15-5-7-19-57(55)61/h1-35,41H,36-40H2. The number of anilines is 3. The summed E-state index contributed by atoms with van der Waals surface area (Å²) >= 11 is 0. The number of nitrogens with zero attached hydrogens (tertiary/aromatic N) is 2. The van der Waals surface area contributed by atoms with Gasteiger partial charge in [0, 0.05) is 33.5 Å². The number of hydrogen-bond donors (Lipinski definition) is 0. The van der Waals surface area contributed by atoms with Crippen molar-refractivity contribution >= 4 is 49.6 Å². The van der Waals surface area contributed by atoms with Crippen LogP contribution in [0.4, 0.5) is 17.1 Å². The number of para-hydroxylation sites is 2. The molecule has 0 atom stereocenters. The highest BCUT2D eigenvalue weighted by Crippen LogP contribution is 2.55. The average molecular weight is 783 g/mol. The van der Waals surface area contributed by atoms with Gasteiger partial charge in [-0.2, -0.15) is 0 Å². The van der Waals surface area contributed by atoms with Crippen LogP contribution >= 0.6 is 0 Å². The second kappa shape index (κ2) is 14.5. The Bertz CT molecular complexity index is 3130. The highest BCUT2D eigenvalue weighted by molar-refractivity contribution is 6.09. The smallest absolute Gasteiger partial charge is 0.0541 e. The summed E-state index contributed by atoms with van der Waals surface area (Å²) in [4.78, 5) is 2.39. The number of hydrogen-bond acceptors (Lipinski definition) is 1. The molecule has 2 bridgehead atoms. The maximum absolute atomic E-state index is 2.42. The van der Waals surface area contributed by atoms with Crippen molar-refractivity contribution in [3.63, 3.8) is 0 Å².